The number of rotatable bonds is 4. The number of nitrogens with zero attached hydrogens (tertiary/aromatic N) is 2. The molecule has 0 aromatic heterocycles. The lowest BCUT2D eigenvalue weighted by Crippen LogP contribution is -2.36. The lowest BCUT2D eigenvalue weighted by Gasteiger charge is -2.37. The predicted octanol–water partition coefficient (Wildman–Crippen LogP) is 6.17. The molecule has 0 radical (unpaired) electrons. The van der Waals surface area contributed by atoms with Gasteiger partial charge in [0, 0.05) is 29.8 Å². The molecule has 0 saturated heterocycles. The van der Waals surface area contributed by atoms with E-state index in [0.717, 1.165) is 38.6 Å². The Hall–Kier alpha value is -2.27. The van der Waals surface area contributed by atoms with Crippen LogP contribution in [-0.4, -0.2) is 17.7 Å². The van der Waals surface area contributed by atoms with E-state index >= 15 is 0 Å². The van der Waals surface area contributed by atoms with Crippen molar-refractivity contribution in [2.75, 3.05) is 7.05 Å². The van der Waals surface area contributed by atoms with Crippen LogP contribution in [0.15, 0.2) is 68.0 Å². The van der Waals surface area contributed by atoms with E-state index in [1.165, 1.54) is 0 Å². The molecule has 2 N–H and O–H groups in total. The summed E-state index contributed by atoms with van der Waals surface area (Å²) in [6.07, 6.45) is 2.03. The van der Waals surface area contributed by atoms with Crippen LogP contribution >= 0.6 is 43.5 Å². The first kappa shape index (κ1) is 22.9. The summed E-state index contributed by atoms with van der Waals surface area (Å²) in [7, 11) is 1.82. The highest BCUT2D eigenvalue weighted by atomic mass is 79.9. The fourth-order valence-corrected chi connectivity index (χ4v) is 5.79. The van der Waals surface area contributed by atoms with Crippen LogP contribution in [0.5, 0.6) is 5.75 Å². The van der Waals surface area contributed by atoms with Gasteiger partial charge in [0.2, 0.25) is 0 Å². The van der Waals surface area contributed by atoms with E-state index in [1.807, 2.05) is 43.4 Å². The van der Waals surface area contributed by atoms with Crippen molar-refractivity contribution in [1.82, 2.24) is 4.90 Å². The Morgan fingerprint density at radius 1 is 1.22 bits per heavy atom. The molecule has 1 aliphatic heterocycles. The smallest absolute Gasteiger partial charge is 0.161 e. The minimum atomic E-state index is -0.503. The van der Waals surface area contributed by atoms with Crippen LogP contribution in [0.3, 0.4) is 0 Å². The number of halogens is 3. The summed E-state index contributed by atoms with van der Waals surface area (Å²) in [5.74, 6) is 0.591. The Bertz CT molecular complexity index is 1180. The molecule has 0 amide bonds. The predicted molar refractivity (Wildman–Crippen MR) is 131 cm³/mol. The molecule has 5 nitrogen and oxygen atoms in total. The second kappa shape index (κ2) is 9.30. The molecule has 4 rings (SSSR count). The fraction of sp³-hybridized carbons (Fsp3) is 0.250. The maximum atomic E-state index is 12.9. The zero-order valence-corrected chi connectivity index (χ0v) is 21.2. The molecule has 1 atom stereocenters. The van der Waals surface area contributed by atoms with Crippen LogP contribution in [0.2, 0.25) is 5.02 Å². The van der Waals surface area contributed by atoms with Gasteiger partial charge in [0.05, 0.1) is 26.5 Å². The van der Waals surface area contributed by atoms with Crippen molar-refractivity contribution in [2.24, 2.45) is 5.73 Å². The molecular formula is C24H20Br2ClN3O2. The Labute approximate surface area is 208 Å². The Balaban J connectivity index is 1.72. The van der Waals surface area contributed by atoms with Gasteiger partial charge >= 0.3 is 0 Å². The van der Waals surface area contributed by atoms with E-state index in [2.05, 4.69) is 37.9 Å². The number of ether oxygens (including phenoxy) is 1. The van der Waals surface area contributed by atoms with Gasteiger partial charge in [0.15, 0.2) is 5.78 Å². The summed E-state index contributed by atoms with van der Waals surface area (Å²) in [6.45, 7) is 0.367. The van der Waals surface area contributed by atoms with Crippen molar-refractivity contribution in [3.8, 4) is 11.8 Å². The molecule has 0 fully saturated rings. The van der Waals surface area contributed by atoms with Crippen molar-refractivity contribution in [1.29, 1.82) is 5.26 Å². The van der Waals surface area contributed by atoms with Gasteiger partial charge in [0.1, 0.15) is 18.2 Å². The molecule has 2 aliphatic rings. The number of carbonyl (C=O) groups excluding carboxylic acids is 1. The highest BCUT2D eigenvalue weighted by Gasteiger charge is 2.39. The van der Waals surface area contributed by atoms with Crippen LogP contribution < -0.4 is 10.5 Å². The van der Waals surface area contributed by atoms with Crippen molar-refractivity contribution in [3.05, 3.63) is 84.2 Å². The molecule has 2 aromatic rings. The summed E-state index contributed by atoms with van der Waals surface area (Å²) < 4.78 is 7.47. The number of allylic oxidation sites excluding steroid dienone is 3. The second-order valence-corrected chi connectivity index (χ2v) is 9.91. The van der Waals surface area contributed by atoms with E-state index in [0.29, 0.717) is 40.8 Å². The SMILES string of the molecule is CN1C(N)=C(C#N)[C@@H](c2cc(Br)c(OCc3ccc(Cl)cc3)c(Br)c2)C2=C1CCCC2=O. The molecular weight excluding hydrogens is 558 g/mol. The van der Waals surface area contributed by atoms with Crippen LogP contribution in [-0.2, 0) is 11.4 Å². The van der Waals surface area contributed by atoms with Crippen LogP contribution in [0.1, 0.15) is 36.3 Å². The van der Waals surface area contributed by atoms with E-state index in [4.69, 9.17) is 22.1 Å². The normalized spacial score (nSPS) is 18.5. The molecule has 0 bridgehead atoms. The number of Topliss-reactive ketones (excluding diaryl/α,β-unsaturated/α-hetero) is 1. The van der Waals surface area contributed by atoms with Crippen LogP contribution in [0, 0.1) is 11.3 Å². The number of hydrogen-bond acceptors (Lipinski definition) is 5. The van der Waals surface area contributed by atoms with Crippen molar-refractivity contribution in [2.45, 2.75) is 31.8 Å². The van der Waals surface area contributed by atoms with E-state index in [9.17, 15) is 10.1 Å². The first-order valence-corrected chi connectivity index (χ1v) is 12.0. The largest absolute Gasteiger partial charge is 0.487 e. The van der Waals surface area contributed by atoms with E-state index < -0.39 is 5.92 Å². The summed E-state index contributed by atoms with van der Waals surface area (Å²) in [5, 5.41) is 10.6. The van der Waals surface area contributed by atoms with Gasteiger partial charge in [-0.15, -0.1) is 0 Å². The molecule has 8 heteroatoms. The number of hydrogen-bond donors (Lipinski definition) is 1. The summed E-state index contributed by atoms with van der Waals surface area (Å²) in [5.41, 5.74) is 10.1. The van der Waals surface area contributed by atoms with Gasteiger partial charge in [-0.3, -0.25) is 4.79 Å². The van der Waals surface area contributed by atoms with Crippen molar-refractivity contribution >= 4 is 49.2 Å². The molecule has 1 aliphatic carbocycles. The number of carbonyl (C=O) groups is 1. The van der Waals surface area contributed by atoms with Gasteiger partial charge in [0.25, 0.3) is 0 Å². The molecule has 0 saturated carbocycles. The third-order valence-electron chi connectivity index (χ3n) is 5.82. The highest BCUT2D eigenvalue weighted by Crippen LogP contribution is 2.46. The molecule has 0 spiro atoms. The van der Waals surface area contributed by atoms with Gasteiger partial charge in [-0.25, -0.2) is 0 Å². The van der Waals surface area contributed by atoms with Crippen LogP contribution in [0.4, 0.5) is 0 Å². The first-order valence-electron chi connectivity index (χ1n) is 10.1. The number of nitrogens with two attached hydrogens (primary N) is 1. The third kappa shape index (κ3) is 4.19. The third-order valence-corrected chi connectivity index (χ3v) is 7.25. The minimum Gasteiger partial charge on any atom is -0.487 e. The molecule has 1 heterocycles. The number of benzene rings is 2. The van der Waals surface area contributed by atoms with Crippen LogP contribution in [0.25, 0.3) is 0 Å². The topological polar surface area (TPSA) is 79.3 Å². The Morgan fingerprint density at radius 2 is 1.88 bits per heavy atom. The second-order valence-electron chi connectivity index (χ2n) is 7.77. The van der Waals surface area contributed by atoms with Gasteiger partial charge in [-0.1, -0.05) is 23.7 Å². The average Bonchev–Trinajstić information content (AvgIpc) is 2.77. The minimum absolute atomic E-state index is 0.0682. The summed E-state index contributed by atoms with van der Waals surface area (Å²) >= 11 is 13.2. The first-order chi connectivity index (χ1) is 15.3. The average molecular weight is 578 g/mol. The summed E-state index contributed by atoms with van der Waals surface area (Å²) in [4.78, 5) is 14.7. The van der Waals surface area contributed by atoms with Crippen molar-refractivity contribution in [3.63, 3.8) is 0 Å². The Kier molecular flexibility index (Phi) is 6.66. The lowest BCUT2D eigenvalue weighted by atomic mass is 9.76. The number of nitriles is 1. The zero-order valence-electron chi connectivity index (χ0n) is 17.3. The molecule has 0 unspecified atom stereocenters. The maximum absolute atomic E-state index is 12.9. The van der Waals surface area contributed by atoms with Gasteiger partial charge < -0.3 is 15.4 Å². The lowest BCUT2D eigenvalue weighted by molar-refractivity contribution is -0.116. The monoisotopic (exact) mass is 575 g/mol. The number of ketones is 1. The van der Waals surface area contributed by atoms with Crippen molar-refractivity contribution < 1.29 is 9.53 Å². The zero-order chi connectivity index (χ0) is 23.0. The fourth-order valence-electron chi connectivity index (χ4n) is 4.22. The van der Waals surface area contributed by atoms with E-state index in [-0.39, 0.29) is 5.78 Å². The molecule has 32 heavy (non-hydrogen) atoms. The maximum Gasteiger partial charge on any atom is 0.161 e. The van der Waals surface area contributed by atoms with E-state index in [1.54, 1.807) is 4.90 Å². The van der Waals surface area contributed by atoms with Gasteiger partial charge in [-0.2, -0.15) is 5.26 Å². The quantitative estimate of drug-likeness (QED) is 0.470. The summed E-state index contributed by atoms with van der Waals surface area (Å²) in [6, 6.07) is 13.5. The molecule has 164 valence electrons. The highest BCUT2D eigenvalue weighted by molar-refractivity contribution is 9.11. The molecule has 2 aromatic carbocycles. The standard InChI is InChI=1S/C24H20Br2ClN3O2/c1-30-19-3-2-4-20(31)22(19)21(16(11-28)24(30)29)14-9-17(25)23(18(26)10-14)32-12-13-5-7-15(27)8-6-13/h5-10,21H,2-4,12,29H2,1H3/t21-/m1/s1. The Morgan fingerprint density at radius 3 is 2.50 bits per heavy atom. The van der Waals surface area contributed by atoms with Gasteiger partial charge in [-0.05, 0) is 80.1 Å².